The van der Waals surface area contributed by atoms with E-state index in [-0.39, 0.29) is 32.1 Å². The molecule has 1 unspecified atom stereocenters. The number of halogens is 1. The van der Waals surface area contributed by atoms with E-state index in [1.165, 1.54) is 4.90 Å². The summed E-state index contributed by atoms with van der Waals surface area (Å²) in [5.74, 6) is -0.784. The summed E-state index contributed by atoms with van der Waals surface area (Å²) in [6.45, 7) is 0.848. The molecule has 1 aliphatic heterocycles. The number of ether oxygens (including phenoxy) is 1. The van der Waals surface area contributed by atoms with Crippen LogP contribution >= 0.6 is 11.6 Å². The second kappa shape index (κ2) is 7.77. The number of nitrogens with zero attached hydrogens (tertiary/aromatic N) is 1. The van der Waals surface area contributed by atoms with Gasteiger partial charge in [-0.05, 0) is 30.5 Å². The fourth-order valence-corrected chi connectivity index (χ4v) is 2.98. The van der Waals surface area contributed by atoms with Gasteiger partial charge in [-0.3, -0.25) is 9.59 Å². The molecule has 23 heavy (non-hydrogen) atoms. The minimum absolute atomic E-state index is 0.0842. The van der Waals surface area contributed by atoms with Crippen LogP contribution in [0.3, 0.4) is 0 Å². The molecule has 1 atom stereocenters. The van der Waals surface area contributed by atoms with Gasteiger partial charge in [-0.15, -0.1) is 0 Å². The Morgan fingerprint density at radius 3 is 2.91 bits per heavy atom. The first-order valence-electron chi connectivity index (χ1n) is 7.49. The van der Waals surface area contributed by atoms with Crippen molar-refractivity contribution in [2.45, 2.75) is 31.5 Å². The Hall–Kier alpha value is -1.63. The fraction of sp³-hybridized carbons (Fsp3) is 0.500. The van der Waals surface area contributed by atoms with Crippen molar-refractivity contribution >= 4 is 23.4 Å². The molecule has 3 N–H and O–H groups in total. The molecule has 0 saturated carbocycles. The number of hydrogen-bond donors (Lipinski definition) is 2. The zero-order chi connectivity index (χ0) is 16.9. The van der Waals surface area contributed by atoms with Gasteiger partial charge in [0, 0.05) is 18.1 Å². The van der Waals surface area contributed by atoms with Crippen LogP contribution in [0, 0.1) is 0 Å². The molecule has 1 fully saturated rings. The van der Waals surface area contributed by atoms with Gasteiger partial charge in [-0.2, -0.15) is 0 Å². The maximum atomic E-state index is 12.2. The molecule has 1 aromatic rings. The molecular weight excluding hydrogens is 320 g/mol. The second-order valence-corrected chi connectivity index (χ2v) is 6.35. The molecule has 0 bridgehead atoms. The molecule has 126 valence electrons. The van der Waals surface area contributed by atoms with E-state index in [0.29, 0.717) is 24.4 Å². The number of rotatable bonds is 6. The first-order valence-corrected chi connectivity index (χ1v) is 7.86. The molecule has 1 aliphatic rings. The number of likely N-dealkylation sites (tertiary alicyclic amines) is 1. The minimum atomic E-state index is -1.23. The van der Waals surface area contributed by atoms with E-state index >= 15 is 0 Å². The van der Waals surface area contributed by atoms with Gasteiger partial charge in [0.25, 0.3) is 0 Å². The first kappa shape index (κ1) is 17.7. The van der Waals surface area contributed by atoms with Crippen LogP contribution in [0.2, 0.25) is 5.02 Å². The number of benzene rings is 1. The van der Waals surface area contributed by atoms with Crippen LogP contribution in [0.5, 0.6) is 0 Å². The summed E-state index contributed by atoms with van der Waals surface area (Å²) in [6, 6.07) is 7.22. The van der Waals surface area contributed by atoms with Gasteiger partial charge in [0.2, 0.25) is 11.8 Å². The third-order valence-corrected chi connectivity index (χ3v) is 4.03. The van der Waals surface area contributed by atoms with Crippen molar-refractivity contribution in [3.63, 3.8) is 0 Å². The Morgan fingerprint density at radius 1 is 1.43 bits per heavy atom. The van der Waals surface area contributed by atoms with Gasteiger partial charge in [0.05, 0.1) is 18.6 Å². The molecule has 2 amide bonds. The van der Waals surface area contributed by atoms with Crippen molar-refractivity contribution in [1.82, 2.24) is 4.90 Å². The van der Waals surface area contributed by atoms with Crippen molar-refractivity contribution in [3.8, 4) is 0 Å². The van der Waals surface area contributed by atoms with Crippen LogP contribution < -0.4 is 5.73 Å². The third kappa shape index (κ3) is 5.49. The van der Waals surface area contributed by atoms with E-state index in [1.807, 2.05) is 12.1 Å². The van der Waals surface area contributed by atoms with E-state index in [9.17, 15) is 14.7 Å². The molecule has 2 rings (SSSR count). The summed E-state index contributed by atoms with van der Waals surface area (Å²) in [5, 5.41) is 11.0. The summed E-state index contributed by atoms with van der Waals surface area (Å²) in [5.41, 5.74) is 4.80. The number of nitrogens with two attached hydrogens (primary N) is 1. The maximum Gasteiger partial charge on any atom is 0.248 e. The predicted octanol–water partition coefficient (Wildman–Crippen LogP) is 1.09. The van der Waals surface area contributed by atoms with Crippen molar-refractivity contribution < 1.29 is 19.4 Å². The van der Waals surface area contributed by atoms with Crippen molar-refractivity contribution in [2.75, 3.05) is 19.7 Å². The monoisotopic (exact) mass is 340 g/mol. The molecule has 7 heteroatoms. The van der Waals surface area contributed by atoms with Crippen LogP contribution in [0.1, 0.15) is 24.8 Å². The quantitative estimate of drug-likeness (QED) is 0.810. The molecule has 1 heterocycles. The molecule has 1 aromatic carbocycles. The first-order chi connectivity index (χ1) is 10.9. The molecule has 0 radical (unpaired) electrons. The minimum Gasteiger partial charge on any atom is -0.388 e. The highest BCUT2D eigenvalue weighted by Gasteiger charge is 2.36. The number of hydrogen-bond acceptors (Lipinski definition) is 4. The van der Waals surface area contributed by atoms with Crippen LogP contribution in [-0.2, 0) is 20.9 Å². The highest BCUT2D eigenvalue weighted by Crippen LogP contribution is 2.24. The van der Waals surface area contributed by atoms with E-state index in [4.69, 9.17) is 22.1 Å². The summed E-state index contributed by atoms with van der Waals surface area (Å²) in [4.78, 5) is 24.7. The lowest BCUT2D eigenvalue weighted by Crippen LogP contribution is -2.52. The summed E-state index contributed by atoms with van der Waals surface area (Å²) in [6.07, 6.45) is 0.951. The van der Waals surface area contributed by atoms with Gasteiger partial charge in [0.1, 0.15) is 6.61 Å². The molecule has 1 saturated heterocycles. The highest BCUT2D eigenvalue weighted by molar-refractivity contribution is 6.30. The Labute approximate surface area is 140 Å². The van der Waals surface area contributed by atoms with Gasteiger partial charge in [0.15, 0.2) is 0 Å². The van der Waals surface area contributed by atoms with Gasteiger partial charge < -0.3 is 20.5 Å². The number of piperidine rings is 1. The average Bonchev–Trinajstić information content (AvgIpc) is 2.46. The Bertz CT molecular complexity index is 581. The lowest BCUT2D eigenvalue weighted by molar-refractivity contribution is -0.146. The Morgan fingerprint density at radius 2 is 2.22 bits per heavy atom. The lowest BCUT2D eigenvalue weighted by atomic mass is 9.89. The average molecular weight is 341 g/mol. The standard InChI is InChI=1S/C16H21ClN2O4/c17-13-4-1-3-12(7-13)9-23-10-15(21)19-6-2-5-16(22,11-19)8-14(18)20/h1,3-4,7,22H,2,5-6,8-11H2,(H2,18,20). The lowest BCUT2D eigenvalue weighted by Gasteiger charge is -2.38. The Kier molecular flexibility index (Phi) is 5.98. The zero-order valence-electron chi connectivity index (χ0n) is 12.8. The molecular formula is C16H21ClN2O4. The van der Waals surface area contributed by atoms with Crippen LogP contribution in [-0.4, -0.2) is 47.1 Å². The topological polar surface area (TPSA) is 92.9 Å². The number of primary amides is 1. The third-order valence-electron chi connectivity index (χ3n) is 3.79. The maximum absolute atomic E-state index is 12.2. The fourth-order valence-electron chi connectivity index (χ4n) is 2.77. The van der Waals surface area contributed by atoms with Crippen LogP contribution in [0.4, 0.5) is 0 Å². The summed E-state index contributed by atoms with van der Waals surface area (Å²) < 4.78 is 5.42. The smallest absolute Gasteiger partial charge is 0.248 e. The van der Waals surface area contributed by atoms with Crippen LogP contribution in [0.25, 0.3) is 0 Å². The second-order valence-electron chi connectivity index (χ2n) is 5.91. The van der Waals surface area contributed by atoms with Crippen LogP contribution in [0.15, 0.2) is 24.3 Å². The highest BCUT2D eigenvalue weighted by atomic mass is 35.5. The van der Waals surface area contributed by atoms with Crippen molar-refractivity contribution in [2.24, 2.45) is 5.73 Å². The van der Waals surface area contributed by atoms with Gasteiger partial charge >= 0.3 is 0 Å². The largest absolute Gasteiger partial charge is 0.388 e. The SMILES string of the molecule is NC(=O)CC1(O)CCCN(C(=O)COCc2cccc(Cl)c2)C1. The molecule has 6 nitrogen and oxygen atoms in total. The molecule has 0 spiro atoms. The normalized spacial score (nSPS) is 21.2. The van der Waals surface area contributed by atoms with E-state index in [0.717, 1.165) is 5.56 Å². The zero-order valence-corrected chi connectivity index (χ0v) is 13.6. The van der Waals surface area contributed by atoms with E-state index < -0.39 is 11.5 Å². The van der Waals surface area contributed by atoms with E-state index in [2.05, 4.69) is 0 Å². The van der Waals surface area contributed by atoms with Crippen molar-refractivity contribution in [1.29, 1.82) is 0 Å². The number of carbonyl (C=O) groups excluding carboxylic acids is 2. The Balaban J connectivity index is 1.82. The number of aliphatic hydroxyl groups is 1. The van der Waals surface area contributed by atoms with E-state index in [1.54, 1.807) is 12.1 Å². The summed E-state index contributed by atoms with van der Waals surface area (Å²) >= 11 is 5.88. The molecule has 0 aromatic heterocycles. The summed E-state index contributed by atoms with van der Waals surface area (Å²) in [7, 11) is 0. The number of β-amino-alcohol motifs (C(OH)–C–C–N with tert-alkyl or cyclic N) is 1. The number of carbonyl (C=O) groups is 2. The molecule has 0 aliphatic carbocycles. The van der Waals surface area contributed by atoms with Gasteiger partial charge in [-0.1, -0.05) is 23.7 Å². The van der Waals surface area contributed by atoms with Gasteiger partial charge in [-0.25, -0.2) is 0 Å². The predicted molar refractivity (Wildman–Crippen MR) is 85.7 cm³/mol. The number of amides is 2. The van der Waals surface area contributed by atoms with Crippen molar-refractivity contribution in [3.05, 3.63) is 34.9 Å².